The van der Waals surface area contributed by atoms with Crippen LogP contribution in [0.2, 0.25) is 0 Å². The number of ether oxygens (including phenoxy) is 2. The minimum atomic E-state index is -0.992. The molecular weight excluding hydrogens is 218 g/mol. The number of methoxy groups -OCH3 is 1. The summed E-state index contributed by atoms with van der Waals surface area (Å²) in [5.74, 6) is 6.09. The van der Waals surface area contributed by atoms with Gasteiger partial charge in [-0.05, 0) is 19.9 Å². The van der Waals surface area contributed by atoms with Crippen molar-refractivity contribution in [3.8, 4) is 17.7 Å². The van der Waals surface area contributed by atoms with Crippen LogP contribution in [-0.2, 0) is 4.74 Å². The van der Waals surface area contributed by atoms with Crippen molar-refractivity contribution in [1.29, 1.82) is 0 Å². The summed E-state index contributed by atoms with van der Waals surface area (Å²) in [7, 11) is 1.62. The quantitative estimate of drug-likeness (QED) is 0.630. The van der Waals surface area contributed by atoms with Gasteiger partial charge in [0.1, 0.15) is 12.2 Å². The first kappa shape index (κ1) is 13.5. The van der Waals surface area contributed by atoms with Crippen LogP contribution in [0.3, 0.4) is 0 Å². The number of pyridine rings is 1. The van der Waals surface area contributed by atoms with Gasteiger partial charge in [-0.2, -0.15) is 0 Å². The molecule has 17 heavy (non-hydrogen) atoms. The Hall–Kier alpha value is -1.57. The lowest BCUT2D eigenvalue weighted by molar-refractivity contribution is 0.143. The van der Waals surface area contributed by atoms with Crippen molar-refractivity contribution < 1.29 is 14.6 Å². The van der Waals surface area contributed by atoms with Crippen LogP contribution < -0.4 is 4.74 Å². The fourth-order valence-corrected chi connectivity index (χ4v) is 0.994. The van der Waals surface area contributed by atoms with Gasteiger partial charge in [0.2, 0.25) is 5.88 Å². The van der Waals surface area contributed by atoms with E-state index in [9.17, 15) is 5.11 Å². The third-order valence-electron chi connectivity index (χ3n) is 1.79. The number of hydrogen-bond donors (Lipinski definition) is 1. The summed E-state index contributed by atoms with van der Waals surface area (Å²) in [6, 6.07) is 3.54. The van der Waals surface area contributed by atoms with Crippen molar-refractivity contribution in [3.05, 3.63) is 23.9 Å². The van der Waals surface area contributed by atoms with Crippen molar-refractivity contribution in [2.24, 2.45) is 0 Å². The van der Waals surface area contributed by atoms with Gasteiger partial charge in [0.15, 0.2) is 0 Å². The van der Waals surface area contributed by atoms with Gasteiger partial charge in [-0.25, -0.2) is 4.98 Å². The Balaban J connectivity index is 2.58. The molecule has 0 aromatic carbocycles. The Kier molecular flexibility index (Phi) is 4.95. The number of aliphatic hydroxyl groups is 1. The van der Waals surface area contributed by atoms with Gasteiger partial charge >= 0.3 is 0 Å². The van der Waals surface area contributed by atoms with E-state index < -0.39 is 5.60 Å². The number of aromatic nitrogens is 1. The van der Waals surface area contributed by atoms with E-state index in [2.05, 4.69) is 16.8 Å². The van der Waals surface area contributed by atoms with E-state index >= 15 is 0 Å². The highest BCUT2D eigenvalue weighted by atomic mass is 16.5. The van der Waals surface area contributed by atoms with Crippen molar-refractivity contribution in [3.63, 3.8) is 0 Å². The van der Waals surface area contributed by atoms with Crippen LogP contribution in [-0.4, -0.2) is 36.0 Å². The molecular formula is C13H17NO3. The van der Waals surface area contributed by atoms with Gasteiger partial charge in [0, 0.05) is 24.9 Å². The molecule has 1 N–H and O–H groups in total. The van der Waals surface area contributed by atoms with Crippen molar-refractivity contribution in [2.75, 3.05) is 20.3 Å². The summed E-state index contributed by atoms with van der Waals surface area (Å²) in [5.41, 5.74) is -0.251. The first-order valence-electron chi connectivity index (χ1n) is 5.34. The zero-order valence-corrected chi connectivity index (χ0v) is 10.4. The number of nitrogens with zero attached hydrogens (tertiary/aromatic N) is 1. The second kappa shape index (κ2) is 6.24. The van der Waals surface area contributed by atoms with Gasteiger partial charge in [-0.1, -0.05) is 11.8 Å². The lowest BCUT2D eigenvalue weighted by Crippen LogP contribution is -2.14. The molecule has 0 spiro atoms. The Morgan fingerprint density at radius 3 is 2.65 bits per heavy atom. The van der Waals surface area contributed by atoms with E-state index in [1.165, 1.54) is 0 Å². The molecule has 0 atom stereocenters. The van der Waals surface area contributed by atoms with Gasteiger partial charge in [0.05, 0.1) is 6.61 Å². The average molecular weight is 235 g/mol. The zero-order valence-electron chi connectivity index (χ0n) is 10.4. The normalized spacial score (nSPS) is 10.6. The lowest BCUT2D eigenvalue weighted by atomic mass is 10.1. The standard InChI is InChI=1S/C13H17NO3/c1-13(2,15)7-6-11-4-5-12(14-10-11)17-9-8-16-3/h4-5,10,15H,8-9H2,1-3H3. The highest BCUT2D eigenvalue weighted by molar-refractivity contribution is 5.35. The van der Waals surface area contributed by atoms with E-state index in [0.717, 1.165) is 5.56 Å². The Labute approximate surface area is 102 Å². The van der Waals surface area contributed by atoms with Crippen LogP contribution in [0, 0.1) is 11.8 Å². The van der Waals surface area contributed by atoms with Crippen LogP contribution in [0.1, 0.15) is 19.4 Å². The maximum atomic E-state index is 9.44. The second-order valence-electron chi connectivity index (χ2n) is 4.04. The molecule has 0 bridgehead atoms. The molecule has 0 aliphatic rings. The highest BCUT2D eigenvalue weighted by Gasteiger charge is 2.05. The van der Waals surface area contributed by atoms with Gasteiger partial charge in [-0.3, -0.25) is 0 Å². The third-order valence-corrected chi connectivity index (χ3v) is 1.79. The highest BCUT2D eigenvalue weighted by Crippen LogP contribution is 2.07. The van der Waals surface area contributed by atoms with E-state index in [0.29, 0.717) is 19.1 Å². The molecule has 0 amide bonds. The molecule has 0 unspecified atom stereocenters. The smallest absolute Gasteiger partial charge is 0.213 e. The third kappa shape index (κ3) is 5.91. The molecule has 92 valence electrons. The monoisotopic (exact) mass is 235 g/mol. The molecule has 0 saturated carbocycles. The molecule has 1 heterocycles. The minimum absolute atomic E-state index is 0.470. The van der Waals surface area contributed by atoms with E-state index in [4.69, 9.17) is 9.47 Å². The molecule has 0 aliphatic carbocycles. The molecule has 0 radical (unpaired) electrons. The van der Waals surface area contributed by atoms with Gasteiger partial charge in [-0.15, -0.1) is 0 Å². The maximum Gasteiger partial charge on any atom is 0.213 e. The molecule has 1 aromatic heterocycles. The SMILES string of the molecule is COCCOc1ccc(C#CC(C)(C)O)cn1. The Morgan fingerprint density at radius 1 is 1.35 bits per heavy atom. The minimum Gasteiger partial charge on any atom is -0.475 e. The lowest BCUT2D eigenvalue weighted by Gasteiger charge is -2.06. The Morgan fingerprint density at radius 2 is 2.12 bits per heavy atom. The van der Waals surface area contributed by atoms with Crippen LogP contribution in [0.4, 0.5) is 0 Å². The first-order valence-corrected chi connectivity index (χ1v) is 5.34. The fourth-order valence-electron chi connectivity index (χ4n) is 0.994. The maximum absolute atomic E-state index is 9.44. The van der Waals surface area contributed by atoms with Gasteiger partial charge < -0.3 is 14.6 Å². The molecule has 1 aromatic rings. The van der Waals surface area contributed by atoms with E-state index in [-0.39, 0.29) is 0 Å². The first-order chi connectivity index (χ1) is 8.01. The average Bonchev–Trinajstić information content (AvgIpc) is 2.27. The second-order valence-corrected chi connectivity index (χ2v) is 4.04. The fraction of sp³-hybridized carbons (Fsp3) is 0.462. The van der Waals surface area contributed by atoms with Crippen molar-refractivity contribution >= 4 is 0 Å². The predicted molar refractivity (Wildman–Crippen MR) is 64.8 cm³/mol. The van der Waals surface area contributed by atoms with Crippen LogP contribution in [0.25, 0.3) is 0 Å². The van der Waals surface area contributed by atoms with Gasteiger partial charge in [0.25, 0.3) is 0 Å². The predicted octanol–water partition coefficient (Wildman–Crippen LogP) is 1.23. The molecule has 4 heteroatoms. The topological polar surface area (TPSA) is 51.6 Å². The molecule has 0 saturated heterocycles. The van der Waals surface area contributed by atoms with Crippen molar-refractivity contribution in [2.45, 2.75) is 19.4 Å². The number of rotatable bonds is 4. The summed E-state index contributed by atoms with van der Waals surface area (Å²) in [6.07, 6.45) is 1.61. The number of hydrogen-bond acceptors (Lipinski definition) is 4. The zero-order chi connectivity index (χ0) is 12.7. The van der Waals surface area contributed by atoms with Crippen molar-refractivity contribution in [1.82, 2.24) is 4.98 Å². The van der Waals surface area contributed by atoms with E-state index in [1.54, 1.807) is 39.3 Å². The Bertz CT molecular complexity index is 395. The van der Waals surface area contributed by atoms with Crippen LogP contribution in [0.5, 0.6) is 5.88 Å². The van der Waals surface area contributed by atoms with E-state index in [1.807, 2.05) is 0 Å². The largest absolute Gasteiger partial charge is 0.475 e. The summed E-state index contributed by atoms with van der Waals surface area (Å²) < 4.78 is 10.2. The van der Waals surface area contributed by atoms with Crippen LogP contribution in [0.15, 0.2) is 18.3 Å². The molecule has 1 rings (SSSR count). The molecule has 0 aliphatic heterocycles. The summed E-state index contributed by atoms with van der Waals surface area (Å²) in [4.78, 5) is 4.09. The molecule has 4 nitrogen and oxygen atoms in total. The summed E-state index contributed by atoms with van der Waals surface area (Å²) >= 11 is 0. The van der Waals surface area contributed by atoms with Crippen LogP contribution >= 0.6 is 0 Å². The summed E-state index contributed by atoms with van der Waals surface area (Å²) in [5, 5.41) is 9.44. The molecule has 0 fully saturated rings. The summed E-state index contributed by atoms with van der Waals surface area (Å²) in [6.45, 7) is 4.27.